The van der Waals surface area contributed by atoms with Gasteiger partial charge in [-0.15, -0.1) is 0 Å². The van der Waals surface area contributed by atoms with Crippen molar-refractivity contribution in [2.24, 2.45) is 0 Å². The average Bonchev–Trinajstić information content (AvgIpc) is 2.80. The largest absolute Gasteiger partial charge is 0.450 e. The number of carbonyl (C=O) groups is 2. The van der Waals surface area contributed by atoms with E-state index in [9.17, 15) is 22.8 Å². The number of halogens is 3. The number of amides is 2. The zero-order valence-corrected chi connectivity index (χ0v) is 14.5. The second-order valence-electron chi connectivity index (χ2n) is 5.40. The van der Waals surface area contributed by atoms with Gasteiger partial charge in [-0.05, 0) is 49.4 Å². The molecule has 0 N–H and O–H groups in total. The van der Waals surface area contributed by atoms with Gasteiger partial charge in [-0.3, -0.25) is 4.79 Å². The molecule has 1 aromatic rings. The first-order valence-corrected chi connectivity index (χ1v) is 8.68. The molecule has 0 radical (unpaired) electrons. The molecule has 9 heteroatoms. The summed E-state index contributed by atoms with van der Waals surface area (Å²) in [6, 6.07) is 5.36. The molecule has 1 saturated heterocycles. The molecule has 0 saturated carbocycles. The van der Waals surface area contributed by atoms with Crippen molar-refractivity contribution >= 4 is 23.8 Å². The average molecular weight is 376 g/mol. The Labute approximate surface area is 148 Å². The second kappa shape index (κ2) is 8.46. The van der Waals surface area contributed by atoms with Crippen LogP contribution in [0.5, 0.6) is 0 Å². The molecule has 0 bridgehead atoms. The van der Waals surface area contributed by atoms with E-state index in [4.69, 9.17) is 4.74 Å². The van der Waals surface area contributed by atoms with Crippen LogP contribution in [0.25, 0.3) is 0 Å². The Morgan fingerprint density at radius 3 is 2.28 bits per heavy atom. The first-order valence-electron chi connectivity index (χ1n) is 7.87. The van der Waals surface area contributed by atoms with E-state index in [1.807, 2.05) is 0 Å². The van der Waals surface area contributed by atoms with Gasteiger partial charge in [-0.1, -0.05) is 0 Å². The third-order valence-electron chi connectivity index (χ3n) is 3.64. The van der Waals surface area contributed by atoms with E-state index in [0.29, 0.717) is 44.8 Å². The Bertz CT molecular complexity index is 608. The molecule has 1 aliphatic heterocycles. The van der Waals surface area contributed by atoms with Crippen LogP contribution in [0.2, 0.25) is 0 Å². The van der Waals surface area contributed by atoms with Crippen molar-refractivity contribution in [2.75, 3.05) is 32.8 Å². The lowest BCUT2D eigenvalue weighted by molar-refractivity contribution is -0.0328. The summed E-state index contributed by atoms with van der Waals surface area (Å²) in [5, 5.41) is 0. The quantitative estimate of drug-likeness (QED) is 0.757. The maximum absolute atomic E-state index is 12.5. The van der Waals surface area contributed by atoms with Crippen molar-refractivity contribution in [1.82, 2.24) is 9.80 Å². The van der Waals surface area contributed by atoms with Gasteiger partial charge in [0.1, 0.15) is 0 Å². The zero-order chi connectivity index (χ0) is 18.4. The summed E-state index contributed by atoms with van der Waals surface area (Å²) in [4.78, 5) is 27.5. The predicted molar refractivity (Wildman–Crippen MR) is 87.5 cm³/mol. The van der Waals surface area contributed by atoms with Gasteiger partial charge in [0.2, 0.25) is 0 Å². The fourth-order valence-electron chi connectivity index (χ4n) is 2.50. The lowest BCUT2D eigenvalue weighted by Crippen LogP contribution is -2.37. The molecular formula is C16H19F3N2O3S. The summed E-state index contributed by atoms with van der Waals surface area (Å²) in [7, 11) is 0. The van der Waals surface area contributed by atoms with Gasteiger partial charge in [-0.25, -0.2) is 4.79 Å². The van der Waals surface area contributed by atoms with Gasteiger partial charge in [0.15, 0.2) is 0 Å². The number of rotatable bonds is 3. The third-order valence-corrected chi connectivity index (χ3v) is 4.38. The van der Waals surface area contributed by atoms with E-state index >= 15 is 0 Å². The molecule has 1 aliphatic rings. The third kappa shape index (κ3) is 5.84. The van der Waals surface area contributed by atoms with Crippen molar-refractivity contribution in [3.8, 4) is 0 Å². The molecule has 2 amide bonds. The van der Waals surface area contributed by atoms with Crippen LogP contribution in [0.3, 0.4) is 0 Å². The minimum absolute atomic E-state index is 0.0356. The molecule has 0 atom stereocenters. The molecule has 0 spiro atoms. The van der Waals surface area contributed by atoms with Crippen molar-refractivity contribution in [3.63, 3.8) is 0 Å². The molecule has 1 fully saturated rings. The van der Waals surface area contributed by atoms with E-state index in [1.165, 1.54) is 24.3 Å². The smallest absolute Gasteiger partial charge is 0.446 e. The number of thioether (sulfide) groups is 1. The highest BCUT2D eigenvalue weighted by Crippen LogP contribution is 2.36. The van der Waals surface area contributed by atoms with Crippen LogP contribution in [0.15, 0.2) is 29.2 Å². The van der Waals surface area contributed by atoms with Crippen LogP contribution in [0, 0.1) is 0 Å². The number of ether oxygens (including phenoxy) is 1. The maximum Gasteiger partial charge on any atom is 0.446 e. The molecule has 1 heterocycles. The molecule has 0 aromatic heterocycles. The van der Waals surface area contributed by atoms with Crippen molar-refractivity contribution in [2.45, 2.75) is 23.7 Å². The number of carbonyl (C=O) groups excluding carboxylic acids is 2. The Morgan fingerprint density at radius 2 is 1.68 bits per heavy atom. The van der Waals surface area contributed by atoms with Gasteiger partial charge < -0.3 is 14.5 Å². The molecule has 1 aromatic carbocycles. The Kier molecular flexibility index (Phi) is 6.57. The molecular weight excluding hydrogens is 357 g/mol. The van der Waals surface area contributed by atoms with Crippen LogP contribution in [-0.4, -0.2) is 60.1 Å². The number of alkyl halides is 3. The van der Waals surface area contributed by atoms with Gasteiger partial charge in [-0.2, -0.15) is 13.2 Å². The second-order valence-corrected chi connectivity index (χ2v) is 6.54. The highest BCUT2D eigenvalue weighted by Gasteiger charge is 2.29. The first-order chi connectivity index (χ1) is 11.8. The molecule has 5 nitrogen and oxygen atoms in total. The van der Waals surface area contributed by atoms with Crippen molar-refractivity contribution < 1.29 is 27.5 Å². The number of hydrogen-bond acceptors (Lipinski definition) is 4. The van der Waals surface area contributed by atoms with Crippen LogP contribution < -0.4 is 0 Å². The number of nitrogens with zero attached hydrogens (tertiary/aromatic N) is 2. The predicted octanol–water partition coefficient (Wildman–Crippen LogP) is 3.60. The summed E-state index contributed by atoms with van der Waals surface area (Å²) >= 11 is -0.215. The highest BCUT2D eigenvalue weighted by atomic mass is 32.2. The number of hydrogen-bond donors (Lipinski definition) is 0. The Balaban J connectivity index is 1.97. The number of benzene rings is 1. The molecule has 138 valence electrons. The maximum atomic E-state index is 12.5. The lowest BCUT2D eigenvalue weighted by Gasteiger charge is -2.22. The van der Waals surface area contributed by atoms with E-state index in [0.717, 1.165) is 0 Å². The van der Waals surface area contributed by atoms with Gasteiger partial charge >= 0.3 is 11.6 Å². The molecule has 0 unspecified atom stereocenters. The molecule has 2 rings (SSSR count). The molecule has 0 aliphatic carbocycles. The van der Waals surface area contributed by atoms with Crippen LogP contribution >= 0.6 is 11.8 Å². The summed E-state index contributed by atoms with van der Waals surface area (Å²) in [6.45, 7) is 3.73. The fourth-order valence-corrected chi connectivity index (χ4v) is 3.04. The van der Waals surface area contributed by atoms with E-state index in [1.54, 1.807) is 16.7 Å². The van der Waals surface area contributed by atoms with E-state index in [-0.39, 0.29) is 22.6 Å². The van der Waals surface area contributed by atoms with Crippen LogP contribution in [0.4, 0.5) is 18.0 Å². The SMILES string of the molecule is CCOC(=O)N1CCCN(C(=O)c2ccc(SC(F)(F)F)cc2)CC1. The minimum atomic E-state index is -4.35. The first kappa shape index (κ1) is 19.4. The van der Waals surface area contributed by atoms with Crippen LogP contribution in [-0.2, 0) is 4.74 Å². The Hall–Kier alpha value is -1.90. The van der Waals surface area contributed by atoms with Crippen LogP contribution in [0.1, 0.15) is 23.7 Å². The minimum Gasteiger partial charge on any atom is -0.450 e. The van der Waals surface area contributed by atoms with Gasteiger partial charge in [0.05, 0.1) is 6.61 Å². The summed E-state index contributed by atoms with van der Waals surface area (Å²) in [5.41, 5.74) is -4.02. The molecule has 25 heavy (non-hydrogen) atoms. The summed E-state index contributed by atoms with van der Waals surface area (Å²) in [5.74, 6) is -0.255. The normalized spacial score (nSPS) is 15.7. The van der Waals surface area contributed by atoms with Gasteiger partial charge in [0, 0.05) is 36.6 Å². The monoisotopic (exact) mass is 376 g/mol. The standard InChI is InChI=1S/C16H19F3N2O3S/c1-2-24-15(23)21-9-3-8-20(10-11-21)14(22)12-4-6-13(7-5-12)25-16(17,18)19/h4-7H,2-3,8-11H2,1H3. The van der Waals surface area contributed by atoms with Crippen molar-refractivity contribution in [3.05, 3.63) is 29.8 Å². The summed E-state index contributed by atoms with van der Waals surface area (Å²) < 4.78 is 42.0. The highest BCUT2D eigenvalue weighted by molar-refractivity contribution is 8.00. The van der Waals surface area contributed by atoms with E-state index in [2.05, 4.69) is 0 Å². The topological polar surface area (TPSA) is 49.9 Å². The fraction of sp³-hybridized carbons (Fsp3) is 0.500. The zero-order valence-electron chi connectivity index (χ0n) is 13.7. The summed E-state index contributed by atoms with van der Waals surface area (Å²) in [6.07, 6.45) is 0.220. The Morgan fingerprint density at radius 1 is 1.08 bits per heavy atom. The lowest BCUT2D eigenvalue weighted by atomic mass is 10.2. The van der Waals surface area contributed by atoms with Gasteiger partial charge in [0.25, 0.3) is 5.91 Å². The van der Waals surface area contributed by atoms with E-state index < -0.39 is 11.6 Å². The van der Waals surface area contributed by atoms with Crippen molar-refractivity contribution in [1.29, 1.82) is 0 Å².